The van der Waals surface area contributed by atoms with Gasteiger partial charge < -0.3 is 15.4 Å². The van der Waals surface area contributed by atoms with Crippen molar-refractivity contribution in [2.24, 2.45) is 4.99 Å². The summed E-state index contributed by atoms with van der Waals surface area (Å²) in [6, 6.07) is 10.4. The molecule has 2 N–H and O–H groups in total. The maximum absolute atomic E-state index is 11.3. The number of nitrogens with one attached hydrogen (secondary N) is 2. The van der Waals surface area contributed by atoms with E-state index in [0.29, 0.717) is 19.6 Å². The predicted molar refractivity (Wildman–Crippen MR) is 110 cm³/mol. The predicted octanol–water partition coefficient (Wildman–Crippen LogP) is 3.09. The average molecular weight is 447 g/mol. The Balaban J connectivity index is 0.00000529. The van der Waals surface area contributed by atoms with Crippen molar-refractivity contribution in [2.45, 2.75) is 39.0 Å². The van der Waals surface area contributed by atoms with Gasteiger partial charge in [-0.2, -0.15) is 0 Å². The van der Waals surface area contributed by atoms with Crippen molar-refractivity contribution in [2.75, 3.05) is 26.7 Å². The van der Waals surface area contributed by atoms with E-state index in [1.807, 2.05) is 13.0 Å². The highest BCUT2D eigenvalue weighted by Crippen LogP contribution is 2.21. The molecule has 5 nitrogen and oxygen atoms in total. The molecular weight excluding hydrogens is 417 g/mol. The minimum Gasteiger partial charge on any atom is -0.466 e. The van der Waals surface area contributed by atoms with Gasteiger partial charge in [-0.25, -0.2) is 0 Å². The molecule has 0 aliphatic carbocycles. The van der Waals surface area contributed by atoms with Gasteiger partial charge in [-0.3, -0.25) is 9.79 Å². The largest absolute Gasteiger partial charge is 0.466 e. The lowest BCUT2D eigenvalue weighted by Crippen LogP contribution is -2.43. The minimum atomic E-state index is -0.151. The highest BCUT2D eigenvalue weighted by atomic mass is 127. The smallest absolute Gasteiger partial charge is 0.305 e. The molecule has 0 heterocycles. The van der Waals surface area contributed by atoms with Gasteiger partial charge in [0.15, 0.2) is 5.96 Å². The van der Waals surface area contributed by atoms with Crippen LogP contribution in [-0.4, -0.2) is 38.7 Å². The zero-order valence-corrected chi connectivity index (χ0v) is 17.4. The Morgan fingerprint density at radius 1 is 1.21 bits per heavy atom. The van der Waals surface area contributed by atoms with Crippen LogP contribution in [0, 0.1) is 0 Å². The number of esters is 1. The molecule has 0 bridgehead atoms. The zero-order valence-electron chi connectivity index (χ0n) is 15.1. The number of ether oxygens (including phenoxy) is 1. The number of benzene rings is 1. The van der Waals surface area contributed by atoms with Crippen LogP contribution < -0.4 is 10.6 Å². The molecular formula is C18H30IN3O2. The van der Waals surface area contributed by atoms with Crippen LogP contribution >= 0.6 is 24.0 Å². The first-order valence-corrected chi connectivity index (χ1v) is 8.15. The normalized spacial score (nSPS) is 11.4. The molecule has 0 atom stereocenters. The molecule has 0 unspecified atom stereocenters. The van der Waals surface area contributed by atoms with Crippen molar-refractivity contribution in [1.29, 1.82) is 0 Å². The average Bonchev–Trinajstić information content (AvgIpc) is 2.55. The Kier molecular flexibility index (Phi) is 11.4. The van der Waals surface area contributed by atoms with E-state index in [4.69, 9.17) is 4.74 Å². The molecule has 6 heteroatoms. The topological polar surface area (TPSA) is 62.7 Å². The third-order valence-corrected chi connectivity index (χ3v) is 3.63. The summed E-state index contributed by atoms with van der Waals surface area (Å²) in [5, 5.41) is 6.57. The van der Waals surface area contributed by atoms with Crippen molar-refractivity contribution >= 4 is 35.9 Å². The highest BCUT2D eigenvalue weighted by molar-refractivity contribution is 14.0. The van der Waals surface area contributed by atoms with E-state index >= 15 is 0 Å². The van der Waals surface area contributed by atoms with E-state index in [2.05, 4.69) is 53.7 Å². The van der Waals surface area contributed by atoms with Crippen molar-refractivity contribution in [3.05, 3.63) is 35.9 Å². The molecule has 136 valence electrons. The van der Waals surface area contributed by atoms with E-state index < -0.39 is 0 Å². The molecule has 0 saturated carbocycles. The fourth-order valence-electron chi connectivity index (χ4n) is 2.19. The van der Waals surface area contributed by atoms with Crippen LogP contribution in [0.4, 0.5) is 0 Å². The first-order valence-electron chi connectivity index (χ1n) is 8.15. The summed E-state index contributed by atoms with van der Waals surface area (Å²) < 4.78 is 4.90. The third-order valence-electron chi connectivity index (χ3n) is 3.63. The van der Waals surface area contributed by atoms with E-state index in [1.54, 1.807) is 7.05 Å². The summed E-state index contributed by atoms with van der Waals surface area (Å²) >= 11 is 0. The number of halogens is 1. The molecule has 0 aliphatic heterocycles. The summed E-state index contributed by atoms with van der Waals surface area (Å²) in [7, 11) is 1.75. The highest BCUT2D eigenvalue weighted by Gasteiger charge is 2.20. The fraction of sp³-hybridized carbons (Fsp3) is 0.556. The molecule has 1 aromatic carbocycles. The number of hydrogen-bond acceptors (Lipinski definition) is 3. The van der Waals surface area contributed by atoms with Gasteiger partial charge in [-0.05, 0) is 18.9 Å². The van der Waals surface area contributed by atoms with Crippen LogP contribution in [-0.2, 0) is 14.9 Å². The monoisotopic (exact) mass is 447 g/mol. The second kappa shape index (κ2) is 12.1. The van der Waals surface area contributed by atoms with E-state index in [9.17, 15) is 4.79 Å². The number of carbonyl (C=O) groups excluding carboxylic acids is 1. The number of rotatable bonds is 8. The molecule has 0 aliphatic rings. The van der Waals surface area contributed by atoms with Crippen molar-refractivity contribution in [3.8, 4) is 0 Å². The third kappa shape index (κ3) is 8.52. The zero-order chi connectivity index (χ0) is 17.1. The van der Waals surface area contributed by atoms with E-state index in [-0.39, 0.29) is 35.4 Å². The van der Waals surface area contributed by atoms with Gasteiger partial charge in [0.25, 0.3) is 0 Å². The van der Waals surface area contributed by atoms with Crippen LogP contribution in [0.3, 0.4) is 0 Å². The lowest BCUT2D eigenvalue weighted by molar-refractivity contribution is -0.143. The van der Waals surface area contributed by atoms with Gasteiger partial charge in [-0.15, -0.1) is 24.0 Å². The summed E-state index contributed by atoms with van der Waals surface area (Å²) in [6.45, 7) is 8.10. The maximum Gasteiger partial charge on any atom is 0.305 e. The standard InChI is InChI=1S/C18H29N3O2.HI/c1-5-23-16(22)12-9-13-20-17(19-4)21-14-18(2,3)15-10-7-6-8-11-15;/h6-8,10-11H,5,9,12-14H2,1-4H3,(H2,19,20,21);1H. The van der Waals surface area contributed by atoms with Crippen molar-refractivity contribution in [1.82, 2.24) is 10.6 Å². The van der Waals surface area contributed by atoms with Crippen LogP contribution in [0.5, 0.6) is 0 Å². The first-order chi connectivity index (χ1) is 11.0. The quantitative estimate of drug-likeness (QED) is 0.211. The van der Waals surface area contributed by atoms with Gasteiger partial charge in [-0.1, -0.05) is 44.2 Å². The minimum absolute atomic E-state index is 0. The Labute approximate surface area is 162 Å². The van der Waals surface area contributed by atoms with Gasteiger partial charge in [0.05, 0.1) is 6.61 Å². The molecule has 1 aromatic rings. The van der Waals surface area contributed by atoms with E-state index in [0.717, 1.165) is 18.9 Å². The van der Waals surface area contributed by atoms with Crippen LogP contribution in [0.2, 0.25) is 0 Å². The van der Waals surface area contributed by atoms with Gasteiger partial charge in [0.2, 0.25) is 0 Å². The lowest BCUT2D eigenvalue weighted by Gasteiger charge is -2.26. The summed E-state index contributed by atoms with van der Waals surface area (Å²) in [6.07, 6.45) is 1.15. The molecule has 0 aromatic heterocycles. The number of hydrogen-bond donors (Lipinski definition) is 2. The van der Waals surface area contributed by atoms with Crippen LogP contribution in [0.15, 0.2) is 35.3 Å². The fourth-order valence-corrected chi connectivity index (χ4v) is 2.19. The molecule has 1 rings (SSSR count). The number of aliphatic imine (C=N–C) groups is 1. The van der Waals surface area contributed by atoms with Crippen LogP contribution in [0.1, 0.15) is 39.2 Å². The summed E-state index contributed by atoms with van der Waals surface area (Å²) in [5.41, 5.74) is 1.29. The number of nitrogens with zero attached hydrogens (tertiary/aromatic N) is 1. The molecule has 0 radical (unpaired) electrons. The van der Waals surface area contributed by atoms with Gasteiger partial charge in [0.1, 0.15) is 0 Å². The van der Waals surface area contributed by atoms with Gasteiger partial charge in [0, 0.05) is 32.0 Å². The second-order valence-electron chi connectivity index (χ2n) is 6.01. The van der Waals surface area contributed by atoms with Crippen molar-refractivity contribution < 1.29 is 9.53 Å². The molecule has 0 amide bonds. The summed E-state index contributed by atoms with van der Waals surface area (Å²) in [4.78, 5) is 15.5. The molecule has 0 saturated heterocycles. The van der Waals surface area contributed by atoms with Gasteiger partial charge >= 0.3 is 5.97 Å². The Bertz CT molecular complexity index is 504. The SMILES string of the molecule is CCOC(=O)CCCNC(=NC)NCC(C)(C)c1ccccc1.I. The first kappa shape index (κ1) is 22.7. The Hall–Kier alpha value is -1.31. The molecule has 0 spiro atoms. The number of carbonyl (C=O) groups is 1. The van der Waals surface area contributed by atoms with Crippen LogP contribution in [0.25, 0.3) is 0 Å². The molecule has 0 fully saturated rings. The Morgan fingerprint density at radius 2 is 1.88 bits per heavy atom. The molecule has 24 heavy (non-hydrogen) atoms. The number of guanidine groups is 1. The van der Waals surface area contributed by atoms with Crippen molar-refractivity contribution in [3.63, 3.8) is 0 Å². The summed E-state index contributed by atoms with van der Waals surface area (Å²) in [5.74, 6) is 0.598. The Morgan fingerprint density at radius 3 is 2.46 bits per heavy atom. The maximum atomic E-state index is 11.3. The second-order valence-corrected chi connectivity index (χ2v) is 6.01. The lowest BCUT2D eigenvalue weighted by atomic mass is 9.85. The van der Waals surface area contributed by atoms with E-state index in [1.165, 1.54) is 5.56 Å².